The van der Waals surface area contributed by atoms with Crippen molar-refractivity contribution in [1.82, 2.24) is 9.88 Å². The van der Waals surface area contributed by atoms with Crippen molar-refractivity contribution in [1.29, 1.82) is 0 Å². The first-order valence-electron chi connectivity index (χ1n) is 8.81. The number of carbonyl (C=O) groups is 1. The van der Waals surface area contributed by atoms with Crippen LogP contribution >= 0.6 is 15.9 Å². The molecule has 2 aliphatic heterocycles. The summed E-state index contributed by atoms with van der Waals surface area (Å²) in [6.07, 6.45) is 8.17. The maximum Gasteiger partial charge on any atom is 0.227 e. The van der Waals surface area contributed by atoms with E-state index < -0.39 is 0 Å². The Bertz CT molecular complexity index is 721. The van der Waals surface area contributed by atoms with Gasteiger partial charge in [0.1, 0.15) is 11.9 Å². The highest BCUT2D eigenvalue weighted by atomic mass is 79.9. The summed E-state index contributed by atoms with van der Waals surface area (Å²) in [6, 6.07) is 12.5. The van der Waals surface area contributed by atoms with E-state index in [2.05, 4.69) is 25.8 Å². The molecule has 130 valence electrons. The second-order valence-corrected chi connectivity index (χ2v) is 7.80. The Morgan fingerprint density at radius 1 is 1.16 bits per heavy atom. The average molecular weight is 401 g/mol. The van der Waals surface area contributed by atoms with Gasteiger partial charge in [-0.1, -0.05) is 28.1 Å². The molecule has 3 heterocycles. The van der Waals surface area contributed by atoms with E-state index in [9.17, 15) is 4.79 Å². The number of benzene rings is 1. The number of carbonyl (C=O) groups excluding carboxylic acids is 1. The summed E-state index contributed by atoms with van der Waals surface area (Å²) in [5.74, 6) is 1.07. The van der Waals surface area contributed by atoms with Crippen molar-refractivity contribution in [3.05, 3.63) is 58.8 Å². The first-order valence-corrected chi connectivity index (χ1v) is 9.60. The predicted molar refractivity (Wildman–Crippen MR) is 99.4 cm³/mol. The first kappa shape index (κ1) is 16.6. The van der Waals surface area contributed by atoms with Crippen molar-refractivity contribution in [3.8, 4) is 5.75 Å². The minimum Gasteiger partial charge on any atom is -0.489 e. The Morgan fingerprint density at radius 3 is 2.52 bits per heavy atom. The molecule has 2 atom stereocenters. The van der Waals surface area contributed by atoms with Crippen LogP contribution in [-0.2, 0) is 11.2 Å². The van der Waals surface area contributed by atoms with Gasteiger partial charge in [-0.15, -0.1) is 0 Å². The summed E-state index contributed by atoms with van der Waals surface area (Å²) in [5.41, 5.74) is 1.07. The maximum absolute atomic E-state index is 12.8. The van der Waals surface area contributed by atoms with Gasteiger partial charge in [-0.25, -0.2) is 0 Å². The Morgan fingerprint density at radius 2 is 1.88 bits per heavy atom. The molecule has 2 saturated heterocycles. The third-order valence-electron chi connectivity index (χ3n) is 5.18. The second-order valence-electron chi connectivity index (χ2n) is 6.89. The van der Waals surface area contributed by atoms with Crippen LogP contribution in [0.25, 0.3) is 0 Å². The molecule has 2 aromatic rings. The van der Waals surface area contributed by atoms with Crippen molar-refractivity contribution in [2.24, 2.45) is 0 Å². The zero-order chi connectivity index (χ0) is 17.2. The number of ether oxygens (including phenoxy) is 1. The molecule has 2 bridgehead atoms. The summed E-state index contributed by atoms with van der Waals surface area (Å²) in [5, 5.41) is 0. The Hall–Kier alpha value is -1.88. The normalized spacial score (nSPS) is 25.0. The number of pyridine rings is 1. The van der Waals surface area contributed by atoms with E-state index in [4.69, 9.17) is 4.74 Å². The van der Waals surface area contributed by atoms with E-state index >= 15 is 0 Å². The van der Waals surface area contributed by atoms with Crippen LogP contribution in [0.15, 0.2) is 53.3 Å². The summed E-state index contributed by atoms with van der Waals surface area (Å²) in [6.45, 7) is 0. The number of aromatic nitrogens is 1. The second kappa shape index (κ2) is 7.16. The highest BCUT2D eigenvalue weighted by Gasteiger charge is 2.43. The third-order valence-corrected chi connectivity index (χ3v) is 5.71. The maximum atomic E-state index is 12.8. The van der Waals surface area contributed by atoms with Gasteiger partial charge in [-0.3, -0.25) is 9.78 Å². The number of nitrogens with zero attached hydrogens (tertiary/aromatic N) is 2. The Labute approximate surface area is 156 Å². The molecule has 0 aliphatic carbocycles. The molecule has 25 heavy (non-hydrogen) atoms. The molecule has 0 spiro atoms. The van der Waals surface area contributed by atoms with Crippen LogP contribution in [0.2, 0.25) is 0 Å². The summed E-state index contributed by atoms with van der Waals surface area (Å²) < 4.78 is 7.13. The molecule has 2 aliphatic rings. The van der Waals surface area contributed by atoms with Gasteiger partial charge < -0.3 is 9.64 Å². The molecule has 4 nitrogen and oxygen atoms in total. The monoisotopic (exact) mass is 400 g/mol. The minimum atomic E-state index is 0.179. The van der Waals surface area contributed by atoms with Crippen LogP contribution in [0.4, 0.5) is 0 Å². The molecular formula is C20H21BrN2O2. The van der Waals surface area contributed by atoms with Gasteiger partial charge in [0.25, 0.3) is 0 Å². The molecule has 4 rings (SSSR count). The standard InChI is InChI=1S/C20H21BrN2O2/c21-15-5-3-14(4-6-15)10-20(24)23-16-7-8-17(23)12-19(11-16)25-18-2-1-9-22-13-18/h1-6,9,13,16-17,19H,7-8,10-12H2. The Balaban J connectivity index is 1.40. The molecule has 0 saturated carbocycles. The lowest BCUT2D eigenvalue weighted by Crippen LogP contribution is -2.49. The topological polar surface area (TPSA) is 42.4 Å². The number of rotatable bonds is 4. The zero-order valence-corrected chi connectivity index (χ0v) is 15.6. The average Bonchev–Trinajstić information content (AvgIpc) is 2.89. The number of halogens is 1. The van der Waals surface area contributed by atoms with E-state index in [-0.39, 0.29) is 12.0 Å². The highest BCUT2D eigenvalue weighted by molar-refractivity contribution is 9.10. The SMILES string of the molecule is O=C(Cc1ccc(Br)cc1)N1C2CCC1CC(Oc1cccnc1)C2. The number of hydrogen-bond acceptors (Lipinski definition) is 3. The lowest BCUT2D eigenvalue weighted by molar-refractivity contribution is -0.136. The quantitative estimate of drug-likeness (QED) is 0.778. The molecule has 2 unspecified atom stereocenters. The third kappa shape index (κ3) is 3.71. The molecule has 2 fully saturated rings. The highest BCUT2D eigenvalue weighted by Crippen LogP contribution is 2.37. The first-order chi connectivity index (χ1) is 12.2. The van der Waals surface area contributed by atoms with Gasteiger partial charge in [-0.2, -0.15) is 0 Å². The number of fused-ring (bicyclic) bond motifs is 2. The molecule has 1 amide bonds. The molecule has 0 radical (unpaired) electrons. The summed E-state index contributed by atoms with van der Waals surface area (Å²) in [7, 11) is 0. The fourth-order valence-corrected chi connectivity index (χ4v) is 4.37. The predicted octanol–water partition coefficient (Wildman–Crippen LogP) is 3.99. The number of hydrogen-bond donors (Lipinski definition) is 0. The zero-order valence-electron chi connectivity index (χ0n) is 14.0. The van der Waals surface area contributed by atoms with Crippen LogP contribution in [0, 0.1) is 0 Å². The van der Waals surface area contributed by atoms with Crippen molar-refractivity contribution >= 4 is 21.8 Å². The molecule has 5 heteroatoms. The Kier molecular flexibility index (Phi) is 4.75. The van der Waals surface area contributed by atoms with Crippen LogP contribution in [0.1, 0.15) is 31.2 Å². The van der Waals surface area contributed by atoms with Gasteiger partial charge in [0.05, 0.1) is 12.6 Å². The van der Waals surface area contributed by atoms with E-state index in [0.717, 1.165) is 41.5 Å². The van der Waals surface area contributed by atoms with Gasteiger partial charge in [-0.05, 0) is 42.7 Å². The van der Waals surface area contributed by atoms with E-state index in [1.54, 1.807) is 12.4 Å². The van der Waals surface area contributed by atoms with Crippen molar-refractivity contribution in [2.75, 3.05) is 0 Å². The fraction of sp³-hybridized carbons (Fsp3) is 0.400. The van der Waals surface area contributed by atoms with Crippen molar-refractivity contribution in [2.45, 2.75) is 50.3 Å². The number of piperidine rings is 1. The van der Waals surface area contributed by atoms with Crippen LogP contribution in [0.5, 0.6) is 5.75 Å². The van der Waals surface area contributed by atoms with Gasteiger partial charge in [0.2, 0.25) is 5.91 Å². The van der Waals surface area contributed by atoms with E-state index in [1.165, 1.54) is 0 Å². The van der Waals surface area contributed by atoms with Crippen LogP contribution in [-0.4, -0.2) is 34.0 Å². The lowest BCUT2D eigenvalue weighted by Gasteiger charge is -2.39. The van der Waals surface area contributed by atoms with Gasteiger partial charge >= 0.3 is 0 Å². The summed E-state index contributed by atoms with van der Waals surface area (Å²) in [4.78, 5) is 19.1. The largest absolute Gasteiger partial charge is 0.489 e. The van der Waals surface area contributed by atoms with Crippen LogP contribution < -0.4 is 4.74 Å². The van der Waals surface area contributed by atoms with E-state index in [0.29, 0.717) is 18.5 Å². The minimum absolute atomic E-state index is 0.179. The lowest BCUT2D eigenvalue weighted by atomic mass is 9.98. The van der Waals surface area contributed by atoms with Gasteiger partial charge in [0.15, 0.2) is 0 Å². The van der Waals surface area contributed by atoms with Crippen molar-refractivity contribution in [3.63, 3.8) is 0 Å². The molecule has 1 aromatic carbocycles. The van der Waals surface area contributed by atoms with Gasteiger partial charge in [0, 0.05) is 35.6 Å². The van der Waals surface area contributed by atoms with E-state index in [1.807, 2.05) is 36.4 Å². The molecule has 0 N–H and O–H groups in total. The van der Waals surface area contributed by atoms with Crippen LogP contribution in [0.3, 0.4) is 0 Å². The summed E-state index contributed by atoms with van der Waals surface area (Å²) >= 11 is 3.44. The fourth-order valence-electron chi connectivity index (χ4n) is 4.11. The smallest absolute Gasteiger partial charge is 0.227 e. The molecular weight excluding hydrogens is 380 g/mol. The number of amides is 1. The van der Waals surface area contributed by atoms with Crippen molar-refractivity contribution < 1.29 is 9.53 Å². The molecule has 1 aromatic heterocycles.